The number of aryl methyl sites for hydroxylation is 1. The third-order valence-corrected chi connectivity index (χ3v) is 18.3. The molecule has 2 aromatic heterocycles. The molecule has 2 atom stereocenters. The zero-order chi connectivity index (χ0) is 52.5. The molecule has 3 aromatic carbocycles. The molecular weight excluding hydrogens is 973 g/mol. The molecule has 76 heavy (non-hydrogen) atoms. The third-order valence-electron chi connectivity index (χ3n) is 18.3. The van der Waals surface area contributed by atoms with Crippen LogP contribution in [0.15, 0.2) is 48.7 Å². The predicted octanol–water partition coefficient (Wildman–Crippen LogP) is 7.40. The summed E-state index contributed by atoms with van der Waals surface area (Å²) in [4.78, 5) is 63.3. The number of β-amino-alcohol motifs (C(OH)–C–C–N with tert-alkyl or cyclic N) is 1. The third kappa shape index (κ3) is 9.50. The number of carbonyl (C=O) groups excluding carboxylic acids is 3. The highest BCUT2D eigenvalue weighted by atomic mass is 19.1. The lowest BCUT2D eigenvalue weighted by atomic mass is 9.70. The molecule has 0 bridgehead atoms. The number of pyridine rings is 1. The number of likely N-dealkylation sites (tertiary alicyclic amines) is 2. The number of hydrogen-bond donors (Lipinski definition) is 2. The highest BCUT2D eigenvalue weighted by molar-refractivity contribution is 6.06. The van der Waals surface area contributed by atoms with E-state index in [1.807, 2.05) is 30.9 Å². The number of carbonyl (C=O) groups is 3. The number of hydrogen-bond acceptors (Lipinski definition) is 14. The Kier molecular flexibility index (Phi) is 13.4. The fourth-order valence-corrected chi connectivity index (χ4v) is 13.2. The van der Waals surface area contributed by atoms with E-state index in [0.717, 1.165) is 76.3 Å². The number of ether oxygens (including phenoxy) is 3. The number of nitrogens with one attached hydrogen (secondary N) is 1. The van der Waals surface area contributed by atoms with Crippen LogP contribution in [0, 0.1) is 22.5 Å². The Labute approximate surface area is 442 Å². The molecule has 5 saturated heterocycles. The Hall–Kier alpha value is -6.08. The lowest BCUT2D eigenvalue weighted by Gasteiger charge is -2.52. The molecule has 402 valence electrons. The van der Waals surface area contributed by atoms with Crippen molar-refractivity contribution in [3.8, 4) is 23.0 Å². The summed E-state index contributed by atoms with van der Waals surface area (Å²) in [6, 6.07) is 12.6. The predicted molar refractivity (Wildman–Crippen MR) is 283 cm³/mol. The summed E-state index contributed by atoms with van der Waals surface area (Å²) in [5.41, 5.74) is 2.96. The van der Waals surface area contributed by atoms with Crippen molar-refractivity contribution in [1.82, 2.24) is 35.0 Å². The Morgan fingerprint density at radius 3 is 2.39 bits per heavy atom. The lowest BCUT2D eigenvalue weighted by molar-refractivity contribution is -0.136. The lowest BCUT2D eigenvalue weighted by Crippen LogP contribution is -2.62. The molecular formula is C58H69F2N9O7. The molecule has 16 nitrogen and oxygen atoms in total. The van der Waals surface area contributed by atoms with Gasteiger partial charge in [0.1, 0.15) is 34.6 Å². The largest absolute Gasteiger partial charge is 0.468 e. The summed E-state index contributed by atoms with van der Waals surface area (Å²) < 4.78 is 50.5. The fraction of sp³-hybridized carbons (Fsp3) is 0.552. The van der Waals surface area contributed by atoms with Crippen LogP contribution in [-0.2, 0) is 27.3 Å². The standard InChI is InChI=1S/C58H69F2N9O7/c1-4-41-45(59)10-7-36-26-40(76-35-74-3)27-43(48(36)41)50-49(60)51-44(28-61-50)52(67-20-6-13-58(73,5-2)33-67)64-55(63-51)75-34-57(14-15-57)32-65-21-16-56(17-22-65)18-23-66(24-19-56)39-30-68(31-39)38-8-9-42-37(25-38)29-69(54(42)72)46-11-12-47(70)62-53(46)71/h7-10,25-28,39,46,73H,4-6,11-24,29-35H2,1-3H3,(H,62,70,71)/t46?,58-/m1/s1. The van der Waals surface area contributed by atoms with Crippen LogP contribution < -0.4 is 24.6 Å². The summed E-state index contributed by atoms with van der Waals surface area (Å²) >= 11 is 0. The summed E-state index contributed by atoms with van der Waals surface area (Å²) in [7, 11) is 1.52. The number of rotatable bonds is 15. The molecule has 1 saturated carbocycles. The number of nitrogens with zero attached hydrogens (tertiary/aromatic N) is 8. The van der Waals surface area contributed by atoms with Gasteiger partial charge in [-0.25, -0.2) is 8.78 Å². The van der Waals surface area contributed by atoms with E-state index in [2.05, 4.69) is 26.1 Å². The van der Waals surface area contributed by atoms with Gasteiger partial charge in [-0.15, -0.1) is 0 Å². The second-order valence-electron chi connectivity index (χ2n) is 23.0. The van der Waals surface area contributed by atoms with E-state index in [1.165, 1.54) is 38.9 Å². The van der Waals surface area contributed by atoms with Gasteiger partial charge in [0.15, 0.2) is 12.6 Å². The van der Waals surface area contributed by atoms with Gasteiger partial charge in [0.2, 0.25) is 11.8 Å². The number of fused-ring (bicyclic) bond motifs is 3. The monoisotopic (exact) mass is 1040 g/mol. The number of imide groups is 1. The maximum Gasteiger partial charge on any atom is 0.319 e. The smallest absolute Gasteiger partial charge is 0.319 e. The van der Waals surface area contributed by atoms with E-state index in [-0.39, 0.29) is 59.4 Å². The zero-order valence-corrected chi connectivity index (χ0v) is 44.0. The molecule has 6 aliphatic heterocycles. The summed E-state index contributed by atoms with van der Waals surface area (Å²) in [5, 5.41) is 15.5. The van der Waals surface area contributed by atoms with Gasteiger partial charge in [-0.05, 0) is 161 Å². The van der Waals surface area contributed by atoms with E-state index < -0.39 is 17.5 Å². The SMILES string of the molecule is CCc1c(F)ccc2cc(OCOC)cc(-c3ncc4c(N5CCC[C@](O)(CC)C5)nc(OCC5(CN6CCC7(CC6)CCN(C6CN(c8ccc9c(c8)CN(C8CCC(=O)NC8=O)C9=O)C6)CC7)CC5)nc4c3F)c12. The van der Waals surface area contributed by atoms with Crippen LogP contribution in [0.1, 0.15) is 106 Å². The number of aromatic nitrogens is 3. The van der Waals surface area contributed by atoms with Gasteiger partial charge in [-0.1, -0.05) is 19.9 Å². The molecule has 5 aromatic rings. The molecule has 1 aliphatic carbocycles. The maximum absolute atomic E-state index is 17.5. The van der Waals surface area contributed by atoms with Crippen molar-refractivity contribution in [3.05, 3.63) is 77.0 Å². The molecule has 8 heterocycles. The van der Waals surface area contributed by atoms with Gasteiger partial charge in [0.05, 0.1) is 17.6 Å². The number of methoxy groups -OCH3 is 1. The van der Waals surface area contributed by atoms with E-state index in [4.69, 9.17) is 29.2 Å². The van der Waals surface area contributed by atoms with Crippen LogP contribution in [0.5, 0.6) is 11.8 Å². The molecule has 7 aliphatic rings. The minimum Gasteiger partial charge on any atom is -0.468 e. The number of halogens is 2. The Morgan fingerprint density at radius 1 is 0.868 bits per heavy atom. The average Bonchev–Trinajstić information content (AvgIpc) is 4.12. The Morgan fingerprint density at radius 2 is 1.66 bits per heavy atom. The zero-order valence-electron chi connectivity index (χ0n) is 44.0. The minimum atomic E-state index is -0.922. The molecule has 18 heteroatoms. The second kappa shape index (κ2) is 20.1. The number of anilines is 2. The molecule has 2 N–H and O–H groups in total. The molecule has 1 unspecified atom stereocenters. The van der Waals surface area contributed by atoms with Gasteiger partial charge in [0.25, 0.3) is 5.91 Å². The van der Waals surface area contributed by atoms with Crippen molar-refractivity contribution in [1.29, 1.82) is 0 Å². The first kappa shape index (κ1) is 50.7. The summed E-state index contributed by atoms with van der Waals surface area (Å²) in [5.74, 6) is -0.971. The summed E-state index contributed by atoms with van der Waals surface area (Å²) in [6.07, 6.45) is 11.3. The van der Waals surface area contributed by atoms with Crippen molar-refractivity contribution in [2.45, 2.75) is 115 Å². The van der Waals surface area contributed by atoms with Crippen molar-refractivity contribution >= 4 is 50.9 Å². The molecule has 12 rings (SSSR count). The number of amides is 3. The number of piperidine rings is 4. The number of benzene rings is 3. The van der Waals surface area contributed by atoms with Crippen LogP contribution >= 0.6 is 0 Å². The first-order chi connectivity index (χ1) is 36.8. The second-order valence-corrected chi connectivity index (χ2v) is 23.0. The quantitative estimate of drug-likeness (QED) is 0.0787. The van der Waals surface area contributed by atoms with Crippen molar-refractivity contribution < 1.29 is 42.5 Å². The Bertz CT molecular complexity index is 3100. The van der Waals surface area contributed by atoms with E-state index in [0.29, 0.717) is 108 Å². The van der Waals surface area contributed by atoms with E-state index in [1.54, 1.807) is 29.3 Å². The summed E-state index contributed by atoms with van der Waals surface area (Å²) in [6.45, 7) is 12.7. The van der Waals surface area contributed by atoms with Gasteiger partial charge in [-0.3, -0.25) is 29.6 Å². The highest BCUT2D eigenvalue weighted by Gasteiger charge is 2.48. The van der Waals surface area contributed by atoms with Gasteiger partial charge >= 0.3 is 6.01 Å². The first-order valence-corrected chi connectivity index (χ1v) is 27.6. The highest BCUT2D eigenvalue weighted by Crippen LogP contribution is 2.49. The fourth-order valence-electron chi connectivity index (χ4n) is 13.2. The van der Waals surface area contributed by atoms with E-state index >= 15 is 8.78 Å². The van der Waals surface area contributed by atoms with E-state index in [9.17, 15) is 19.5 Å². The molecule has 1 spiro atoms. The maximum atomic E-state index is 17.5. The molecule has 3 amide bonds. The Balaban J connectivity index is 0.693. The van der Waals surface area contributed by atoms with Gasteiger partial charge in [-0.2, -0.15) is 9.97 Å². The number of aliphatic hydroxyl groups is 1. The van der Waals surface area contributed by atoms with Crippen molar-refractivity contribution in [2.24, 2.45) is 10.8 Å². The minimum absolute atomic E-state index is 0.0111. The van der Waals surface area contributed by atoms with Crippen LogP contribution in [0.3, 0.4) is 0 Å². The first-order valence-electron chi connectivity index (χ1n) is 27.6. The van der Waals surface area contributed by atoms with Crippen molar-refractivity contribution in [2.75, 3.05) is 89.2 Å². The van der Waals surface area contributed by atoms with Crippen LogP contribution in [0.2, 0.25) is 0 Å². The molecule has 0 radical (unpaired) electrons. The van der Waals surface area contributed by atoms with Gasteiger partial charge in [0, 0.05) is 87.3 Å². The molecule has 6 fully saturated rings. The van der Waals surface area contributed by atoms with Crippen LogP contribution in [0.25, 0.3) is 32.9 Å². The van der Waals surface area contributed by atoms with Crippen LogP contribution in [-0.4, -0.2) is 150 Å². The normalized spacial score (nSPS) is 23.8. The topological polar surface area (TPSA) is 166 Å². The van der Waals surface area contributed by atoms with Crippen LogP contribution in [0.4, 0.5) is 20.3 Å². The average molecular weight is 1040 g/mol. The van der Waals surface area contributed by atoms with Gasteiger partial charge < -0.3 is 38.9 Å². The van der Waals surface area contributed by atoms with Crippen molar-refractivity contribution in [3.63, 3.8) is 0 Å².